The molecule has 0 aromatic carbocycles. The quantitative estimate of drug-likeness (QED) is 0.824. The van der Waals surface area contributed by atoms with E-state index < -0.39 is 5.92 Å². The number of pyridine rings is 1. The summed E-state index contributed by atoms with van der Waals surface area (Å²) in [6.45, 7) is 3.76. The Labute approximate surface area is 111 Å². The number of hydrogen-bond donors (Lipinski definition) is 2. The normalized spacial score (nSPS) is 12.2. The average Bonchev–Trinajstić information content (AvgIpc) is 2.20. The molecule has 0 aliphatic heterocycles. The number of carbonyl (C=O) groups excluding carboxylic acids is 1. The number of rotatable bonds is 4. The van der Waals surface area contributed by atoms with E-state index in [0.29, 0.717) is 10.8 Å². The Morgan fingerprint density at radius 2 is 2.24 bits per heavy atom. The highest BCUT2D eigenvalue weighted by molar-refractivity contribution is 7.80. The van der Waals surface area contributed by atoms with Gasteiger partial charge in [-0.2, -0.15) is 0 Å². The Hall–Kier alpha value is -1.20. The van der Waals surface area contributed by atoms with E-state index in [9.17, 15) is 4.79 Å². The van der Waals surface area contributed by atoms with Crippen molar-refractivity contribution in [3.8, 4) is 0 Å². The minimum atomic E-state index is -0.525. The van der Waals surface area contributed by atoms with Gasteiger partial charge in [0.2, 0.25) is 5.91 Å². The first kappa shape index (κ1) is 13.9. The van der Waals surface area contributed by atoms with Crippen LogP contribution in [0.4, 0.5) is 5.82 Å². The summed E-state index contributed by atoms with van der Waals surface area (Å²) in [5.41, 5.74) is 5.55. The molecule has 0 radical (unpaired) electrons. The lowest BCUT2D eigenvalue weighted by Gasteiger charge is -2.18. The fraction of sp³-hybridized carbons (Fsp3) is 0.364. The second-order valence-electron chi connectivity index (χ2n) is 3.95. The first-order chi connectivity index (χ1) is 7.93. The van der Waals surface area contributed by atoms with Crippen molar-refractivity contribution in [2.75, 3.05) is 5.32 Å². The summed E-state index contributed by atoms with van der Waals surface area (Å²) in [5.74, 6) is -0.466. The Morgan fingerprint density at radius 1 is 1.59 bits per heavy atom. The molecule has 17 heavy (non-hydrogen) atoms. The summed E-state index contributed by atoms with van der Waals surface area (Å²) in [7, 11) is 0. The van der Waals surface area contributed by atoms with E-state index in [-0.39, 0.29) is 16.8 Å². The number of nitrogens with zero attached hydrogens (tertiary/aromatic N) is 1. The molecule has 0 saturated heterocycles. The predicted molar refractivity (Wildman–Crippen MR) is 73.0 cm³/mol. The fourth-order valence-electron chi connectivity index (χ4n) is 1.43. The van der Waals surface area contributed by atoms with Crippen LogP contribution in [-0.4, -0.2) is 15.9 Å². The van der Waals surface area contributed by atoms with Crippen molar-refractivity contribution in [2.45, 2.75) is 13.8 Å². The van der Waals surface area contributed by atoms with Gasteiger partial charge in [-0.3, -0.25) is 4.79 Å². The molecule has 0 saturated carbocycles. The number of aromatic nitrogens is 1. The van der Waals surface area contributed by atoms with Crippen LogP contribution < -0.4 is 11.1 Å². The van der Waals surface area contributed by atoms with E-state index in [4.69, 9.17) is 29.6 Å². The lowest BCUT2D eigenvalue weighted by molar-refractivity contribution is -0.118. The van der Waals surface area contributed by atoms with Crippen LogP contribution in [0.5, 0.6) is 0 Å². The van der Waals surface area contributed by atoms with Crippen LogP contribution in [0.1, 0.15) is 13.8 Å². The molecule has 1 amide bonds. The maximum Gasteiger partial charge on any atom is 0.235 e. The standard InChI is InChI=1S/C11H14ClN3OS/c1-6(2)8(9(13)17)11(16)15-10-7(12)4-3-5-14-10/h3-6,8H,1-2H3,(H2,13,17)(H,14,15,16). The van der Waals surface area contributed by atoms with Gasteiger partial charge in [-0.05, 0) is 18.1 Å². The smallest absolute Gasteiger partial charge is 0.235 e. The van der Waals surface area contributed by atoms with Gasteiger partial charge in [-0.25, -0.2) is 4.98 Å². The number of amides is 1. The molecule has 1 atom stereocenters. The van der Waals surface area contributed by atoms with E-state index in [2.05, 4.69) is 10.3 Å². The zero-order chi connectivity index (χ0) is 13.0. The van der Waals surface area contributed by atoms with Crippen molar-refractivity contribution in [2.24, 2.45) is 17.6 Å². The van der Waals surface area contributed by atoms with Crippen LogP contribution in [0.15, 0.2) is 18.3 Å². The number of hydrogen-bond acceptors (Lipinski definition) is 3. The molecule has 1 aromatic rings. The van der Waals surface area contributed by atoms with Crippen molar-refractivity contribution in [3.05, 3.63) is 23.4 Å². The molecule has 4 nitrogen and oxygen atoms in total. The van der Waals surface area contributed by atoms with Crippen molar-refractivity contribution < 1.29 is 4.79 Å². The summed E-state index contributed by atoms with van der Waals surface area (Å²) in [5, 5.41) is 3.00. The molecule has 0 fully saturated rings. The Kier molecular flexibility index (Phi) is 4.84. The largest absolute Gasteiger partial charge is 0.393 e. The first-order valence-electron chi connectivity index (χ1n) is 5.14. The highest BCUT2D eigenvalue weighted by Gasteiger charge is 2.25. The summed E-state index contributed by atoms with van der Waals surface area (Å²) in [4.78, 5) is 16.1. The molecular weight excluding hydrogens is 258 g/mol. The van der Waals surface area contributed by atoms with Crippen molar-refractivity contribution >= 4 is 40.5 Å². The van der Waals surface area contributed by atoms with E-state index in [1.165, 1.54) is 0 Å². The highest BCUT2D eigenvalue weighted by atomic mass is 35.5. The van der Waals surface area contributed by atoms with Crippen LogP contribution in [0.3, 0.4) is 0 Å². The SMILES string of the molecule is CC(C)C(C(=O)Nc1ncccc1Cl)C(N)=S. The summed E-state index contributed by atoms with van der Waals surface area (Å²) >= 11 is 10.8. The van der Waals surface area contributed by atoms with Gasteiger partial charge in [0.1, 0.15) is 0 Å². The lowest BCUT2D eigenvalue weighted by Crippen LogP contribution is -2.37. The summed E-state index contributed by atoms with van der Waals surface area (Å²) in [6, 6.07) is 3.33. The molecule has 0 spiro atoms. The van der Waals surface area contributed by atoms with E-state index in [0.717, 1.165) is 0 Å². The highest BCUT2D eigenvalue weighted by Crippen LogP contribution is 2.20. The van der Waals surface area contributed by atoms with Crippen molar-refractivity contribution in [3.63, 3.8) is 0 Å². The summed E-state index contributed by atoms with van der Waals surface area (Å²) in [6.07, 6.45) is 1.55. The van der Waals surface area contributed by atoms with Crippen LogP contribution in [-0.2, 0) is 4.79 Å². The van der Waals surface area contributed by atoms with E-state index in [1.54, 1.807) is 18.3 Å². The molecule has 0 bridgehead atoms. The average molecular weight is 272 g/mol. The topological polar surface area (TPSA) is 68.0 Å². The lowest BCUT2D eigenvalue weighted by atomic mass is 9.95. The molecule has 1 unspecified atom stereocenters. The monoisotopic (exact) mass is 271 g/mol. The Morgan fingerprint density at radius 3 is 2.71 bits per heavy atom. The number of anilines is 1. The van der Waals surface area contributed by atoms with Crippen molar-refractivity contribution in [1.29, 1.82) is 0 Å². The van der Waals surface area contributed by atoms with Crippen LogP contribution in [0.25, 0.3) is 0 Å². The third kappa shape index (κ3) is 3.64. The summed E-state index contributed by atoms with van der Waals surface area (Å²) < 4.78 is 0. The minimum absolute atomic E-state index is 0.0231. The van der Waals surface area contributed by atoms with E-state index in [1.807, 2.05) is 13.8 Å². The number of thiocarbonyl (C=S) groups is 1. The number of carbonyl (C=O) groups is 1. The van der Waals surface area contributed by atoms with Gasteiger partial charge >= 0.3 is 0 Å². The van der Waals surface area contributed by atoms with Gasteiger partial charge in [-0.1, -0.05) is 37.7 Å². The number of halogens is 1. The third-order valence-electron chi connectivity index (χ3n) is 2.26. The second-order valence-corrected chi connectivity index (χ2v) is 4.83. The second kappa shape index (κ2) is 5.93. The fourth-order valence-corrected chi connectivity index (χ4v) is 1.98. The number of nitrogens with two attached hydrogens (primary N) is 1. The molecule has 92 valence electrons. The van der Waals surface area contributed by atoms with E-state index >= 15 is 0 Å². The molecule has 1 heterocycles. The maximum atomic E-state index is 12.0. The van der Waals surface area contributed by atoms with Crippen LogP contribution in [0, 0.1) is 11.8 Å². The van der Waals surface area contributed by atoms with Gasteiger partial charge in [0.25, 0.3) is 0 Å². The zero-order valence-electron chi connectivity index (χ0n) is 9.61. The maximum absolute atomic E-state index is 12.0. The molecule has 6 heteroatoms. The Bertz CT molecular complexity index is 436. The van der Waals surface area contributed by atoms with Gasteiger partial charge in [0, 0.05) is 6.20 Å². The van der Waals surface area contributed by atoms with Gasteiger partial charge < -0.3 is 11.1 Å². The molecule has 0 aliphatic rings. The molecule has 1 rings (SSSR count). The first-order valence-corrected chi connectivity index (χ1v) is 5.92. The predicted octanol–water partition coefficient (Wildman–Crippen LogP) is 2.23. The van der Waals surface area contributed by atoms with Crippen molar-refractivity contribution in [1.82, 2.24) is 4.98 Å². The van der Waals surface area contributed by atoms with Gasteiger partial charge in [0.15, 0.2) is 5.82 Å². The van der Waals surface area contributed by atoms with Gasteiger partial charge in [-0.15, -0.1) is 0 Å². The molecule has 0 aliphatic carbocycles. The number of nitrogens with one attached hydrogen (secondary N) is 1. The Balaban J connectivity index is 2.85. The van der Waals surface area contributed by atoms with Gasteiger partial charge in [0.05, 0.1) is 15.9 Å². The molecule has 1 aromatic heterocycles. The third-order valence-corrected chi connectivity index (χ3v) is 2.81. The molecular formula is C11H14ClN3OS. The van der Waals surface area contributed by atoms with Crippen LogP contribution in [0.2, 0.25) is 5.02 Å². The molecule has 3 N–H and O–H groups in total. The van der Waals surface area contributed by atoms with Crippen LogP contribution >= 0.6 is 23.8 Å². The minimum Gasteiger partial charge on any atom is -0.393 e. The zero-order valence-corrected chi connectivity index (χ0v) is 11.2.